The molecule has 102 valence electrons. The van der Waals surface area contributed by atoms with Crippen LogP contribution in [-0.4, -0.2) is 29.9 Å². The topological polar surface area (TPSA) is 61.7 Å². The number of phenols is 2. The largest absolute Gasteiger partial charge is 0.504 e. The zero-order valence-electron chi connectivity index (χ0n) is 10.9. The Morgan fingerprint density at radius 2 is 1.85 bits per heavy atom. The number of ether oxygens (including phenoxy) is 1. The molecule has 1 aromatic carbocycles. The molecule has 0 radical (unpaired) electrons. The fourth-order valence-electron chi connectivity index (χ4n) is 1.67. The average Bonchev–Trinajstić information content (AvgIpc) is 2.45. The van der Waals surface area contributed by atoms with Crippen molar-refractivity contribution in [2.75, 3.05) is 19.7 Å². The third kappa shape index (κ3) is 3.97. The number of phenolic OH excluding ortho intramolecular Hbond substituents is 2. The smallest absolute Gasteiger partial charge is 0.158 e. The molecule has 0 aliphatic rings. The molecular formula is C16H15NO3. The maximum absolute atomic E-state index is 9.60. The summed E-state index contributed by atoms with van der Waals surface area (Å²) < 4.78 is 5.51. The van der Waals surface area contributed by atoms with Crippen LogP contribution in [0.15, 0.2) is 12.1 Å². The van der Waals surface area contributed by atoms with Crippen LogP contribution in [0.2, 0.25) is 0 Å². The van der Waals surface area contributed by atoms with Gasteiger partial charge in [-0.25, -0.2) is 0 Å². The Labute approximate surface area is 118 Å². The minimum Gasteiger partial charge on any atom is -0.504 e. The molecule has 0 spiro atoms. The molecule has 3 N–H and O–H groups in total. The average molecular weight is 269 g/mol. The first kappa shape index (κ1) is 15.5. The van der Waals surface area contributed by atoms with Gasteiger partial charge >= 0.3 is 0 Å². The predicted octanol–water partition coefficient (Wildman–Crippen LogP) is 0.993. The van der Waals surface area contributed by atoms with E-state index in [1.807, 2.05) is 0 Å². The highest BCUT2D eigenvalue weighted by atomic mass is 16.5. The van der Waals surface area contributed by atoms with E-state index in [9.17, 15) is 10.2 Å². The highest BCUT2D eigenvalue weighted by Crippen LogP contribution is 2.32. The SMILES string of the molecule is C#CCNCC(OCC#C)c1cc(O)c(O)cc1C#C. The van der Waals surface area contributed by atoms with Gasteiger partial charge in [0.2, 0.25) is 0 Å². The second-order valence-electron chi connectivity index (χ2n) is 3.91. The van der Waals surface area contributed by atoms with Gasteiger partial charge in [-0.05, 0) is 12.1 Å². The fourth-order valence-corrected chi connectivity index (χ4v) is 1.67. The summed E-state index contributed by atoms with van der Waals surface area (Å²) in [6.45, 7) is 0.837. The molecule has 0 saturated carbocycles. The number of terminal acetylenes is 3. The highest BCUT2D eigenvalue weighted by Gasteiger charge is 2.17. The van der Waals surface area contributed by atoms with Crippen LogP contribution in [0.4, 0.5) is 0 Å². The van der Waals surface area contributed by atoms with Gasteiger partial charge in [0, 0.05) is 17.7 Å². The molecule has 1 atom stereocenters. The third-order valence-corrected chi connectivity index (χ3v) is 2.57. The molecule has 0 fully saturated rings. The Morgan fingerprint density at radius 1 is 1.15 bits per heavy atom. The molecule has 0 aliphatic heterocycles. The summed E-state index contributed by atoms with van der Waals surface area (Å²) in [4.78, 5) is 0. The van der Waals surface area contributed by atoms with Gasteiger partial charge in [0.25, 0.3) is 0 Å². The van der Waals surface area contributed by atoms with Crippen molar-refractivity contribution in [3.05, 3.63) is 23.3 Å². The molecule has 4 heteroatoms. The first-order chi connectivity index (χ1) is 9.63. The van der Waals surface area contributed by atoms with E-state index in [1.54, 1.807) is 0 Å². The van der Waals surface area contributed by atoms with E-state index in [4.69, 9.17) is 24.0 Å². The Morgan fingerprint density at radius 3 is 2.45 bits per heavy atom. The van der Waals surface area contributed by atoms with Crippen LogP contribution >= 0.6 is 0 Å². The van der Waals surface area contributed by atoms with Crippen molar-refractivity contribution in [3.8, 4) is 48.5 Å². The Kier molecular flexibility index (Phi) is 6.01. The van der Waals surface area contributed by atoms with Crippen molar-refractivity contribution in [3.63, 3.8) is 0 Å². The number of hydrogen-bond acceptors (Lipinski definition) is 4. The molecule has 0 heterocycles. The first-order valence-corrected chi connectivity index (χ1v) is 5.85. The van der Waals surface area contributed by atoms with Crippen molar-refractivity contribution in [2.24, 2.45) is 0 Å². The highest BCUT2D eigenvalue weighted by molar-refractivity contribution is 5.52. The summed E-state index contributed by atoms with van der Waals surface area (Å²) in [6, 6.07) is 2.67. The molecule has 1 unspecified atom stereocenters. The summed E-state index contributed by atoms with van der Waals surface area (Å²) in [6.07, 6.45) is 15.3. The molecule has 0 aliphatic carbocycles. The van der Waals surface area contributed by atoms with Gasteiger partial charge in [0.15, 0.2) is 11.5 Å². The van der Waals surface area contributed by atoms with Crippen LogP contribution in [0.1, 0.15) is 17.2 Å². The number of rotatable bonds is 6. The van der Waals surface area contributed by atoms with Crippen molar-refractivity contribution in [1.29, 1.82) is 0 Å². The summed E-state index contributed by atoms with van der Waals surface area (Å²) in [5.41, 5.74) is 0.979. The van der Waals surface area contributed by atoms with Gasteiger partial charge in [-0.1, -0.05) is 17.8 Å². The number of nitrogens with one attached hydrogen (secondary N) is 1. The van der Waals surface area contributed by atoms with Gasteiger partial charge in [-0.15, -0.1) is 19.3 Å². The quantitative estimate of drug-likeness (QED) is 0.409. The lowest BCUT2D eigenvalue weighted by Crippen LogP contribution is -2.24. The zero-order chi connectivity index (χ0) is 15.0. The minimum absolute atomic E-state index is 0.0913. The molecule has 1 aromatic rings. The van der Waals surface area contributed by atoms with Gasteiger partial charge < -0.3 is 20.3 Å². The maximum atomic E-state index is 9.60. The van der Waals surface area contributed by atoms with Gasteiger partial charge in [-0.3, -0.25) is 0 Å². The second-order valence-corrected chi connectivity index (χ2v) is 3.91. The van der Waals surface area contributed by atoms with Crippen molar-refractivity contribution in [1.82, 2.24) is 5.32 Å². The summed E-state index contributed by atoms with van der Waals surface area (Å²) in [5.74, 6) is 6.69. The molecule has 20 heavy (non-hydrogen) atoms. The van der Waals surface area contributed by atoms with E-state index >= 15 is 0 Å². The predicted molar refractivity (Wildman–Crippen MR) is 76.9 cm³/mol. The number of benzene rings is 1. The van der Waals surface area contributed by atoms with Crippen LogP contribution in [0, 0.1) is 37.0 Å². The van der Waals surface area contributed by atoms with E-state index in [-0.39, 0.29) is 18.1 Å². The third-order valence-electron chi connectivity index (χ3n) is 2.57. The van der Waals surface area contributed by atoms with E-state index in [0.717, 1.165) is 0 Å². The summed E-state index contributed by atoms with van der Waals surface area (Å²) >= 11 is 0. The monoisotopic (exact) mass is 269 g/mol. The van der Waals surface area contributed by atoms with Crippen LogP contribution < -0.4 is 5.32 Å². The molecule has 4 nitrogen and oxygen atoms in total. The fraction of sp³-hybridized carbons (Fsp3) is 0.250. The van der Waals surface area contributed by atoms with E-state index in [2.05, 4.69) is 23.1 Å². The lowest BCUT2D eigenvalue weighted by atomic mass is 10.0. The number of aromatic hydroxyl groups is 2. The number of hydrogen-bond donors (Lipinski definition) is 3. The normalized spacial score (nSPS) is 11.1. The lowest BCUT2D eigenvalue weighted by molar-refractivity contribution is 0.0780. The first-order valence-electron chi connectivity index (χ1n) is 5.85. The lowest BCUT2D eigenvalue weighted by Gasteiger charge is -2.19. The van der Waals surface area contributed by atoms with Crippen molar-refractivity contribution in [2.45, 2.75) is 6.10 Å². The molecular weight excluding hydrogens is 254 g/mol. The van der Waals surface area contributed by atoms with Crippen LogP contribution in [0.25, 0.3) is 0 Å². The molecule has 0 aromatic heterocycles. The Bertz CT molecular complexity index is 587. The molecule has 0 bridgehead atoms. The Balaban J connectivity index is 3.06. The van der Waals surface area contributed by atoms with Crippen molar-refractivity contribution < 1.29 is 14.9 Å². The van der Waals surface area contributed by atoms with Gasteiger partial charge in [-0.2, -0.15) is 0 Å². The molecule has 0 saturated heterocycles. The Hall–Kier alpha value is -2.58. The standard InChI is InChI=1S/C16H15NO3/c1-4-7-17-11-16(20-8-5-2)13-10-15(19)14(18)9-12(13)6-3/h1-3,9-10,16-19H,7-8,11H2. The summed E-state index contributed by atoms with van der Waals surface area (Å²) in [7, 11) is 0. The second kappa shape index (κ2) is 7.77. The maximum Gasteiger partial charge on any atom is 0.158 e. The van der Waals surface area contributed by atoms with Crippen molar-refractivity contribution >= 4 is 0 Å². The van der Waals surface area contributed by atoms with E-state index in [1.165, 1.54) is 12.1 Å². The minimum atomic E-state index is -0.475. The van der Waals surface area contributed by atoms with E-state index < -0.39 is 6.10 Å². The van der Waals surface area contributed by atoms with Gasteiger partial charge in [0.1, 0.15) is 6.61 Å². The summed E-state index contributed by atoms with van der Waals surface area (Å²) in [5, 5.41) is 22.1. The molecule has 0 amide bonds. The van der Waals surface area contributed by atoms with Crippen LogP contribution in [-0.2, 0) is 4.74 Å². The van der Waals surface area contributed by atoms with Crippen LogP contribution in [0.3, 0.4) is 0 Å². The zero-order valence-corrected chi connectivity index (χ0v) is 10.9. The van der Waals surface area contributed by atoms with Crippen LogP contribution in [0.5, 0.6) is 11.5 Å². The van der Waals surface area contributed by atoms with Gasteiger partial charge in [0.05, 0.1) is 12.6 Å². The molecule has 1 rings (SSSR count). The van der Waals surface area contributed by atoms with E-state index in [0.29, 0.717) is 24.2 Å².